The number of aliphatic hydroxyl groups is 2. The van der Waals surface area contributed by atoms with E-state index in [0.717, 1.165) is 16.7 Å². The second-order valence-corrected chi connectivity index (χ2v) is 10.9. The fraction of sp³-hybridized carbons (Fsp3) is 0.609. The monoisotopic (exact) mass is 466 g/mol. The molecule has 9 heteroatoms. The Kier molecular flexibility index (Phi) is 6.48. The molecule has 176 valence electrons. The number of rotatable bonds is 6. The number of hydrogen-bond donors (Lipinski definition) is 2. The fourth-order valence-corrected chi connectivity index (χ4v) is 7.67. The molecule has 1 heterocycles. The Morgan fingerprint density at radius 2 is 1.84 bits per heavy atom. The first-order valence-electron chi connectivity index (χ1n) is 11.0. The van der Waals surface area contributed by atoms with Crippen molar-refractivity contribution in [2.45, 2.75) is 68.0 Å². The Morgan fingerprint density at radius 3 is 2.47 bits per heavy atom. The summed E-state index contributed by atoms with van der Waals surface area (Å²) in [4.78, 5) is 12.9. The molecule has 1 aliphatic heterocycles. The smallest absolute Gasteiger partial charge is 0.335 e. The van der Waals surface area contributed by atoms with E-state index in [1.54, 1.807) is 6.92 Å². The third kappa shape index (κ3) is 3.90. The van der Waals surface area contributed by atoms with Gasteiger partial charge in [0.05, 0.1) is 35.9 Å². The van der Waals surface area contributed by atoms with Gasteiger partial charge in [-0.1, -0.05) is 18.2 Å². The van der Waals surface area contributed by atoms with E-state index in [-0.39, 0.29) is 38.2 Å². The average molecular weight is 467 g/mol. The van der Waals surface area contributed by atoms with Crippen molar-refractivity contribution in [1.82, 2.24) is 0 Å². The Morgan fingerprint density at radius 1 is 1.16 bits per heavy atom. The minimum Gasteiger partial charge on any atom is -0.463 e. The van der Waals surface area contributed by atoms with Crippen LogP contribution in [-0.4, -0.2) is 67.7 Å². The Labute approximate surface area is 188 Å². The maximum absolute atomic E-state index is 13.9. The highest BCUT2D eigenvalue weighted by molar-refractivity contribution is 7.92. The molecule has 1 aromatic rings. The maximum Gasteiger partial charge on any atom is 0.335 e. The first-order chi connectivity index (χ1) is 15.3. The lowest BCUT2D eigenvalue weighted by Crippen LogP contribution is -2.42. The molecule has 4 atom stereocenters. The lowest BCUT2D eigenvalue weighted by Gasteiger charge is -2.35. The van der Waals surface area contributed by atoms with Gasteiger partial charge in [-0.2, -0.15) is 0 Å². The van der Waals surface area contributed by atoms with Crippen LogP contribution in [-0.2, 0) is 35.3 Å². The van der Waals surface area contributed by atoms with Crippen LogP contribution in [0, 0.1) is 6.92 Å². The first kappa shape index (κ1) is 23.4. The third-order valence-corrected chi connectivity index (χ3v) is 9.22. The molecular weight excluding hydrogens is 436 g/mol. The second kappa shape index (κ2) is 8.87. The van der Waals surface area contributed by atoms with Crippen molar-refractivity contribution in [3.8, 4) is 0 Å². The van der Waals surface area contributed by atoms with E-state index >= 15 is 0 Å². The Bertz CT molecular complexity index is 1000. The number of aliphatic hydroxyl groups excluding tert-OH is 2. The van der Waals surface area contributed by atoms with Crippen LogP contribution in [0.5, 0.6) is 0 Å². The van der Waals surface area contributed by atoms with Crippen molar-refractivity contribution < 1.29 is 37.6 Å². The molecule has 0 bridgehead atoms. The van der Waals surface area contributed by atoms with Gasteiger partial charge in [-0.25, -0.2) is 13.2 Å². The minimum atomic E-state index is -3.77. The van der Waals surface area contributed by atoms with E-state index in [9.17, 15) is 23.4 Å². The summed E-state index contributed by atoms with van der Waals surface area (Å²) in [5.41, 5.74) is 2.80. The van der Waals surface area contributed by atoms with Gasteiger partial charge in [0.25, 0.3) is 0 Å². The van der Waals surface area contributed by atoms with E-state index in [2.05, 4.69) is 0 Å². The molecule has 8 nitrogen and oxygen atoms in total. The van der Waals surface area contributed by atoms with Gasteiger partial charge < -0.3 is 24.4 Å². The van der Waals surface area contributed by atoms with E-state index in [0.29, 0.717) is 12.8 Å². The zero-order valence-electron chi connectivity index (χ0n) is 18.3. The first-order valence-corrected chi connectivity index (χ1v) is 12.7. The van der Waals surface area contributed by atoms with E-state index in [1.807, 2.05) is 25.1 Å². The van der Waals surface area contributed by atoms with Crippen LogP contribution in [0.15, 0.2) is 29.8 Å². The lowest BCUT2D eigenvalue weighted by molar-refractivity contribution is -0.154. The molecule has 2 unspecified atom stereocenters. The highest BCUT2D eigenvalue weighted by Gasteiger charge is 2.53. The summed E-state index contributed by atoms with van der Waals surface area (Å²) in [6.07, 6.45) is 1.31. The molecular formula is C23H30O8S. The quantitative estimate of drug-likeness (QED) is 0.606. The van der Waals surface area contributed by atoms with Gasteiger partial charge in [-0.05, 0) is 55.9 Å². The zero-order valence-corrected chi connectivity index (χ0v) is 19.1. The Hall–Kier alpha value is -1.78. The molecule has 2 N–H and O–H groups in total. The molecule has 1 fully saturated rings. The predicted octanol–water partition coefficient (Wildman–Crippen LogP) is 1.51. The normalized spacial score (nSPS) is 29.1. The molecule has 1 aromatic carbocycles. The van der Waals surface area contributed by atoms with Crippen molar-refractivity contribution in [3.05, 3.63) is 46.5 Å². The van der Waals surface area contributed by atoms with E-state index in [1.165, 1.54) is 6.08 Å². The van der Waals surface area contributed by atoms with Gasteiger partial charge in [-0.15, -0.1) is 0 Å². The van der Waals surface area contributed by atoms with Crippen LogP contribution in [0.4, 0.5) is 0 Å². The number of aryl methyl sites for hydroxylation is 2. The van der Waals surface area contributed by atoms with Gasteiger partial charge >= 0.3 is 5.97 Å². The second-order valence-electron chi connectivity index (χ2n) is 8.60. The molecule has 0 aromatic heterocycles. The van der Waals surface area contributed by atoms with Gasteiger partial charge in [-0.3, -0.25) is 0 Å². The molecule has 2 aliphatic carbocycles. The van der Waals surface area contributed by atoms with Gasteiger partial charge in [0.15, 0.2) is 15.6 Å². The molecule has 0 radical (unpaired) electrons. The van der Waals surface area contributed by atoms with Crippen LogP contribution in [0.1, 0.15) is 48.1 Å². The molecule has 4 rings (SSSR count). The van der Waals surface area contributed by atoms with Crippen LogP contribution < -0.4 is 0 Å². The molecule has 0 amide bonds. The molecule has 32 heavy (non-hydrogen) atoms. The van der Waals surface area contributed by atoms with Gasteiger partial charge in [0.2, 0.25) is 0 Å². The number of hydrogen-bond acceptors (Lipinski definition) is 8. The number of carbonyl (C=O) groups excluding carboxylic acids is 1. The number of esters is 1. The summed E-state index contributed by atoms with van der Waals surface area (Å²) >= 11 is 0. The number of benzene rings is 1. The van der Waals surface area contributed by atoms with E-state index < -0.39 is 44.3 Å². The zero-order chi connectivity index (χ0) is 23.1. The summed E-state index contributed by atoms with van der Waals surface area (Å²) in [6.45, 7) is 2.94. The summed E-state index contributed by atoms with van der Waals surface area (Å²) in [6, 6.07) is 5.80. The lowest BCUT2D eigenvalue weighted by atomic mass is 9.94. The van der Waals surface area contributed by atoms with Crippen molar-refractivity contribution in [2.75, 3.05) is 19.8 Å². The summed E-state index contributed by atoms with van der Waals surface area (Å²) in [7, 11) is -3.77. The van der Waals surface area contributed by atoms with E-state index in [4.69, 9.17) is 14.2 Å². The van der Waals surface area contributed by atoms with Crippen molar-refractivity contribution >= 4 is 15.8 Å². The molecule has 3 aliphatic rings. The highest BCUT2D eigenvalue weighted by Crippen LogP contribution is 2.46. The Balaban J connectivity index is 1.73. The van der Waals surface area contributed by atoms with Crippen LogP contribution in [0.25, 0.3) is 0 Å². The topological polar surface area (TPSA) is 119 Å². The third-order valence-electron chi connectivity index (χ3n) is 6.67. The van der Waals surface area contributed by atoms with Crippen LogP contribution in [0.3, 0.4) is 0 Å². The average Bonchev–Trinajstić information content (AvgIpc) is 3.36. The molecule has 1 spiro atoms. The van der Waals surface area contributed by atoms with Crippen molar-refractivity contribution in [2.24, 2.45) is 0 Å². The highest BCUT2D eigenvalue weighted by atomic mass is 32.2. The van der Waals surface area contributed by atoms with Gasteiger partial charge in [0, 0.05) is 6.42 Å². The summed E-state index contributed by atoms with van der Waals surface area (Å²) in [5.74, 6) is -2.10. The fourth-order valence-electron chi connectivity index (χ4n) is 5.20. The van der Waals surface area contributed by atoms with Crippen molar-refractivity contribution in [1.29, 1.82) is 0 Å². The largest absolute Gasteiger partial charge is 0.463 e. The maximum atomic E-state index is 13.9. The summed E-state index contributed by atoms with van der Waals surface area (Å²) in [5, 5.41) is 17.4. The van der Waals surface area contributed by atoms with Crippen LogP contribution >= 0.6 is 0 Å². The predicted molar refractivity (Wildman–Crippen MR) is 116 cm³/mol. The molecule has 1 saturated heterocycles. The van der Waals surface area contributed by atoms with Gasteiger partial charge in [0.1, 0.15) is 12.2 Å². The molecule has 0 saturated carbocycles. The van der Waals surface area contributed by atoms with Crippen molar-refractivity contribution in [3.63, 3.8) is 0 Å². The number of fused-ring (bicyclic) bond motifs is 1. The number of sulfone groups is 1. The number of ether oxygens (including phenoxy) is 3. The number of carbonyl (C=O) groups is 1. The van der Waals surface area contributed by atoms with Crippen LogP contribution in [0.2, 0.25) is 0 Å². The SMILES string of the molecule is CCOC(=O)C1=CC2(CCC1S(=O)(=O)C1CCc3cccc(C)c31)O[C@@H](CO)[C@H](CO)O2. The standard InChI is InChI=1S/C23H30O8S/c1-3-29-22(26)16-11-23(30-17(12-24)18(13-25)31-23)10-9-19(16)32(27,28)20-8-7-15-6-4-5-14(2)21(15)20/h4-6,11,17-20,24-25H,3,7-10,12-13H2,1-2H3/t17-,18-,19?,20?/m0/s1. The summed E-state index contributed by atoms with van der Waals surface area (Å²) < 4.78 is 44.6. The minimum absolute atomic E-state index is 0.00425.